The fourth-order valence-corrected chi connectivity index (χ4v) is 2.35. The van der Waals surface area contributed by atoms with Crippen molar-refractivity contribution in [3.05, 3.63) is 0 Å². The Morgan fingerprint density at radius 2 is 2.18 bits per heavy atom. The predicted octanol–water partition coefficient (Wildman–Crippen LogP) is 0.105. The van der Waals surface area contributed by atoms with E-state index >= 15 is 0 Å². The van der Waals surface area contributed by atoms with Crippen molar-refractivity contribution in [3.63, 3.8) is 0 Å². The molecule has 1 aliphatic carbocycles. The standard InChI is InChI=1S/C11H20N2O3S/c1-7(14)12-9(6-17)11(15)13-8-4-3-5-10(8)16-2/h8-10,17H,3-6H2,1-2H3,(H,12,14)(H,13,15). The third-order valence-corrected chi connectivity index (χ3v) is 3.32. The maximum Gasteiger partial charge on any atom is 0.243 e. The van der Waals surface area contributed by atoms with Gasteiger partial charge < -0.3 is 15.4 Å². The van der Waals surface area contributed by atoms with E-state index in [2.05, 4.69) is 23.3 Å². The van der Waals surface area contributed by atoms with Gasteiger partial charge in [-0.2, -0.15) is 12.6 Å². The van der Waals surface area contributed by atoms with Gasteiger partial charge in [-0.3, -0.25) is 9.59 Å². The predicted molar refractivity (Wildman–Crippen MR) is 68.0 cm³/mol. The van der Waals surface area contributed by atoms with Crippen LogP contribution in [0.4, 0.5) is 0 Å². The fraction of sp³-hybridized carbons (Fsp3) is 0.818. The van der Waals surface area contributed by atoms with Crippen molar-refractivity contribution in [2.45, 2.75) is 44.4 Å². The van der Waals surface area contributed by atoms with E-state index in [0.29, 0.717) is 0 Å². The van der Waals surface area contributed by atoms with Crippen molar-refractivity contribution >= 4 is 24.4 Å². The first kappa shape index (κ1) is 14.3. The van der Waals surface area contributed by atoms with Crippen molar-refractivity contribution in [2.24, 2.45) is 0 Å². The molecule has 2 N–H and O–H groups in total. The molecule has 98 valence electrons. The zero-order valence-corrected chi connectivity index (χ0v) is 11.1. The molecule has 3 unspecified atom stereocenters. The van der Waals surface area contributed by atoms with Gasteiger partial charge in [-0.05, 0) is 19.3 Å². The number of methoxy groups -OCH3 is 1. The van der Waals surface area contributed by atoms with Crippen molar-refractivity contribution in [1.29, 1.82) is 0 Å². The van der Waals surface area contributed by atoms with Gasteiger partial charge in [0.1, 0.15) is 6.04 Å². The van der Waals surface area contributed by atoms with Crippen molar-refractivity contribution in [1.82, 2.24) is 10.6 Å². The van der Waals surface area contributed by atoms with E-state index in [-0.39, 0.29) is 29.7 Å². The maximum absolute atomic E-state index is 11.9. The molecule has 6 heteroatoms. The Balaban J connectivity index is 2.48. The number of carbonyl (C=O) groups excluding carboxylic acids is 2. The number of carbonyl (C=O) groups is 2. The molecule has 1 saturated carbocycles. The molecule has 1 rings (SSSR count). The van der Waals surface area contributed by atoms with Gasteiger partial charge in [-0.15, -0.1) is 0 Å². The van der Waals surface area contributed by atoms with Gasteiger partial charge in [0, 0.05) is 19.8 Å². The third kappa shape index (κ3) is 4.20. The molecule has 0 bridgehead atoms. The molecular weight excluding hydrogens is 240 g/mol. The van der Waals surface area contributed by atoms with Gasteiger partial charge in [0.2, 0.25) is 11.8 Å². The number of hydrogen-bond acceptors (Lipinski definition) is 4. The van der Waals surface area contributed by atoms with Crippen molar-refractivity contribution in [3.8, 4) is 0 Å². The molecule has 3 atom stereocenters. The van der Waals surface area contributed by atoms with E-state index in [4.69, 9.17) is 4.74 Å². The van der Waals surface area contributed by atoms with Crippen molar-refractivity contribution in [2.75, 3.05) is 12.9 Å². The number of rotatable bonds is 5. The normalized spacial score (nSPS) is 25.4. The minimum atomic E-state index is -0.575. The molecule has 0 aromatic carbocycles. The molecule has 17 heavy (non-hydrogen) atoms. The van der Waals surface area contributed by atoms with Crippen LogP contribution in [0.1, 0.15) is 26.2 Å². The average Bonchev–Trinajstić information content (AvgIpc) is 2.72. The molecule has 0 aromatic rings. The molecule has 0 saturated heterocycles. The third-order valence-electron chi connectivity index (χ3n) is 2.96. The summed E-state index contributed by atoms with van der Waals surface area (Å²) in [5.74, 6) is -0.131. The summed E-state index contributed by atoms with van der Waals surface area (Å²) in [6.45, 7) is 1.39. The van der Waals surface area contributed by atoms with Gasteiger partial charge >= 0.3 is 0 Å². The SMILES string of the molecule is COC1CCCC1NC(=O)C(CS)NC(C)=O. The van der Waals surface area contributed by atoms with E-state index in [0.717, 1.165) is 19.3 Å². The van der Waals surface area contributed by atoms with Gasteiger partial charge in [-0.1, -0.05) is 0 Å². The van der Waals surface area contributed by atoms with Crippen molar-refractivity contribution < 1.29 is 14.3 Å². The van der Waals surface area contributed by atoms with Crippen LogP contribution in [0.5, 0.6) is 0 Å². The number of thiol groups is 1. The first-order chi connectivity index (χ1) is 8.08. The molecule has 0 radical (unpaired) electrons. The summed E-state index contributed by atoms with van der Waals surface area (Å²) in [4.78, 5) is 22.8. The molecule has 2 amide bonds. The van der Waals surface area contributed by atoms with Gasteiger partial charge in [0.25, 0.3) is 0 Å². The first-order valence-electron chi connectivity index (χ1n) is 5.79. The highest BCUT2D eigenvalue weighted by molar-refractivity contribution is 7.80. The Hall–Kier alpha value is -0.750. The lowest BCUT2D eigenvalue weighted by atomic mass is 10.2. The highest BCUT2D eigenvalue weighted by Gasteiger charge is 2.30. The number of nitrogens with one attached hydrogen (secondary N) is 2. The molecule has 0 aromatic heterocycles. The quantitative estimate of drug-likeness (QED) is 0.614. The minimum absolute atomic E-state index is 0.0450. The lowest BCUT2D eigenvalue weighted by molar-refractivity contribution is -0.128. The maximum atomic E-state index is 11.9. The molecule has 5 nitrogen and oxygen atoms in total. The van der Waals surface area contributed by atoms with Crippen LogP contribution >= 0.6 is 12.6 Å². The summed E-state index contributed by atoms with van der Waals surface area (Å²) in [6.07, 6.45) is 3.02. The lowest BCUT2D eigenvalue weighted by Crippen LogP contribution is -2.52. The average molecular weight is 260 g/mol. The van der Waals surface area contributed by atoms with Crippen LogP contribution in [0.15, 0.2) is 0 Å². The Labute approximate surface area is 107 Å². The minimum Gasteiger partial charge on any atom is -0.379 e. The van der Waals surface area contributed by atoms with E-state index in [1.807, 2.05) is 0 Å². The van der Waals surface area contributed by atoms with Gasteiger partial charge in [-0.25, -0.2) is 0 Å². The van der Waals surface area contributed by atoms with E-state index < -0.39 is 6.04 Å². The van der Waals surface area contributed by atoms with E-state index in [1.54, 1.807) is 7.11 Å². The van der Waals surface area contributed by atoms with E-state index in [1.165, 1.54) is 6.92 Å². The second-order valence-electron chi connectivity index (χ2n) is 4.26. The molecule has 0 aliphatic heterocycles. The monoisotopic (exact) mass is 260 g/mol. The largest absolute Gasteiger partial charge is 0.379 e. The summed E-state index contributed by atoms with van der Waals surface area (Å²) >= 11 is 4.06. The van der Waals surface area contributed by atoms with Crippen LogP contribution < -0.4 is 10.6 Å². The highest BCUT2D eigenvalue weighted by atomic mass is 32.1. The summed E-state index contributed by atoms with van der Waals surface area (Å²) in [5.41, 5.74) is 0. The molecule has 1 fully saturated rings. The lowest BCUT2D eigenvalue weighted by Gasteiger charge is -2.23. The number of ether oxygens (including phenoxy) is 1. The van der Waals surface area contributed by atoms with Crippen LogP contribution in [0.25, 0.3) is 0 Å². The second-order valence-corrected chi connectivity index (χ2v) is 4.62. The summed E-state index contributed by atoms with van der Waals surface area (Å²) < 4.78 is 5.30. The molecular formula is C11H20N2O3S. The van der Waals surface area contributed by atoms with E-state index in [9.17, 15) is 9.59 Å². The first-order valence-corrected chi connectivity index (χ1v) is 6.42. The molecule has 1 aliphatic rings. The second kappa shape index (κ2) is 6.86. The Morgan fingerprint density at radius 3 is 2.71 bits per heavy atom. The summed E-state index contributed by atoms with van der Waals surface area (Å²) in [7, 11) is 1.65. The van der Waals surface area contributed by atoms with Gasteiger partial charge in [0.05, 0.1) is 12.1 Å². The Morgan fingerprint density at radius 1 is 1.47 bits per heavy atom. The smallest absolute Gasteiger partial charge is 0.243 e. The zero-order chi connectivity index (χ0) is 12.8. The number of hydrogen-bond donors (Lipinski definition) is 3. The zero-order valence-electron chi connectivity index (χ0n) is 10.2. The van der Waals surface area contributed by atoms with Crippen LogP contribution in [0.2, 0.25) is 0 Å². The molecule has 0 spiro atoms. The fourth-order valence-electron chi connectivity index (χ4n) is 2.10. The van der Waals surface area contributed by atoms with Gasteiger partial charge in [0.15, 0.2) is 0 Å². The van der Waals surface area contributed by atoms with Crippen LogP contribution in [0, 0.1) is 0 Å². The highest BCUT2D eigenvalue weighted by Crippen LogP contribution is 2.21. The van der Waals surface area contributed by atoms with Crippen LogP contribution in [-0.2, 0) is 14.3 Å². The number of amides is 2. The Kier molecular flexibility index (Phi) is 5.77. The molecule has 0 heterocycles. The topological polar surface area (TPSA) is 67.4 Å². The summed E-state index contributed by atoms with van der Waals surface area (Å²) in [6, 6.07) is -0.530. The Bertz CT molecular complexity index is 286. The summed E-state index contributed by atoms with van der Waals surface area (Å²) in [5, 5.41) is 5.48. The van der Waals surface area contributed by atoms with Crippen LogP contribution in [-0.4, -0.2) is 42.9 Å². The van der Waals surface area contributed by atoms with Crippen LogP contribution in [0.3, 0.4) is 0 Å².